The molecule has 0 aliphatic rings. The van der Waals surface area contributed by atoms with Crippen molar-refractivity contribution in [3.63, 3.8) is 0 Å². The number of hydrogen-bond donors (Lipinski definition) is 1. The predicted octanol–water partition coefficient (Wildman–Crippen LogP) is 2.30. The number of unbranched alkanes of at least 4 members (excludes halogenated alkanes) is 5. The minimum Gasteiger partial charge on any atom is -0.478 e. The molecule has 0 radical (unpaired) electrons. The van der Waals surface area contributed by atoms with Crippen LogP contribution in [0.3, 0.4) is 0 Å². The summed E-state index contributed by atoms with van der Waals surface area (Å²) in [4.78, 5) is 10.7. The second-order valence-electron chi connectivity index (χ2n) is 4.86. The average molecular weight is 253 g/mol. The van der Waals surface area contributed by atoms with E-state index in [1.54, 1.807) is 0 Å². The van der Waals surface area contributed by atoms with Crippen LogP contribution in [0.25, 0.3) is 0 Å². The Morgan fingerprint density at radius 2 is 1.94 bits per heavy atom. The third-order valence-corrected chi connectivity index (χ3v) is 3.27. The van der Waals surface area contributed by atoms with Gasteiger partial charge in [-0.1, -0.05) is 39.0 Å². The van der Waals surface area contributed by atoms with Gasteiger partial charge in [0, 0.05) is 6.42 Å². The molecule has 102 valence electrons. The van der Waals surface area contributed by atoms with E-state index in [9.17, 15) is 4.79 Å². The third kappa shape index (κ3) is 4.90. The zero-order valence-corrected chi connectivity index (χ0v) is 11.6. The number of aliphatic carboxylic acids is 1. The number of nitrogens with zero attached hydrogens (tertiary/aromatic N) is 2. The summed E-state index contributed by atoms with van der Waals surface area (Å²) in [5.41, 5.74) is 0. The van der Waals surface area contributed by atoms with Crippen LogP contribution in [0.15, 0.2) is 12.4 Å². The highest BCUT2D eigenvalue weighted by Crippen LogP contribution is 2.08. The van der Waals surface area contributed by atoms with Crippen LogP contribution in [-0.4, -0.2) is 15.6 Å². The van der Waals surface area contributed by atoms with Gasteiger partial charge in [-0.2, -0.15) is 0 Å². The van der Waals surface area contributed by atoms with Gasteiger partial charge in [-0.3, -0.25) is 0 Å². The molecule has 4 heteroatoms. The Morgan fingerprint density at radius 1 is 1.28 bits per heavy atom. The Kier molecular flexibility index (Phi) is 6.47. The van der Waals surface area contributed by atoms with E-state index in [1.807, 2.05) is 28.6 Å². The normalized spacial score (nSPS) is 10.8. The smallest absolute Gasteiger partial charge is 0.346 e. The minimum atomic E-state index is -0.782. The molecule has 0 bridgehead atoms. The Balaban J connectivity index is 2.36. The van der Waals surface area contributed by atoms with Gasteiger partial charge in [0.15, 0.2) is 6.54 Å². The van der Waals surface area contributed by atoms with E-state index in [-0.39, 0.29) is 6.54 Å². The Hall–Kier alpha value is -1.32. The van der Waals surface area contributed by atoms with Gasteiger partial charge in [0.2, 0.25) is 0 Å². The van der Waals surface area contributed by atoms with Crippen molar-refractivity contribution in [3.8, 4) is 0 Å². The van der Waals surface area contributed by atoms with Crippen molar-refractivity contribution in [2.24, 2.45) is 7.05 Å². The lowest BCUT2D eigenvalue weighted by Gasteiger charge is -2.01. The highest BCUT2D eigenvalue weighted by atomic mass is 16.4. The fourth-order valence-corrected chi connectivity index (χ4v) is 2.23. The van der Waals surface area contributed by atoms with Crippen molar-refractivity contribution in [1.29, 1.82) is 0 Å². The Labute approximate surface area is 109 Å². The number of rotatable bonds is 9. The number of hydrogen-bond acceptors (Lipinski definition) is 1. The fraction of sp³-hybridized carbons (Fsp3) is 0.714. The summed E-state index contributed by atoms with van der Waals surface area (Å²) in [6.07, 6.45) is 12.3. The van der Waals surface area contributed by atoms with Crippen molar-refractivity contribution >= 4 is 5.97 Å². The van der Waals surface area contributed by atoms with Crippen molar-refractivity contribution < 1.29 is 14.5 Å². The van der Waals surface area contributed by atoms with Gasteiger partial charge in [0.1, 0.15) is 12.4 Å². The summed E-state index contributed by atoms with van der Waals surface area (Å²) in [7, 11) is 1.98. The Morgan fingerprint density at radius 3 is 2.61 bits per heavy atom. The average Bonchev–Trinajstić information content (AvgIpc) is 2.65. The van der Waals surface area contributed by atoms with E-state index in [1.165, 1.54) is 32.1 Å². The molecule has 1 heterocycles. The molecule has 1 N–H and O–H groups in total. The number of aromatic nitrogens is 2. The standard InChI is InChI=1S/C14H24N2O2/c1-3-4-5-6-7-8-9-13-15(2)10-11-16(13)12-14(17)18/h10-11H,3-9,12H2,1-2H3/p+1. The summed E-state index contributed by atoms with van der Waals surface area (Å²) in [6, 6.07) is 0. The van der Waals surface area contributed by atoms with Crippen LogP contribution < -0.4 is 4.57 Å². The molecular weight excluding hydrogens is 228 g/mol. The van der Waals surface area contributed by atoms with Gasteiger partial charge in [-0.15, -0.1) is 0 Å². The molecule has 0 unspecified atom stereocenters. The van der Waals surface area contributed by atoms with Crippen LogP contribution in [0.4, 0.5) is 0 Å². The van der Waals surface area contributed by atoms with Gasteiger partial charge < -0.3 is 5.11 Å². The molecule has 0 saturated carbocycles. The van der Waals surface area contributed by atoms with Gasteiger partial charge in [-0.05, 0) is 6.42 Å². The predicted molar refractivity (Wildman–Crippen MR) is 70.3 cm³/mol. The monoisotopic (exact) mass is 253 g/mol. The van der Waals surface area contributed by atoms with E-state index in [4.69, 9.17) is 5.11 Å². The molecule has 0 aliphatic heterocycles. The molecule has 0 saturated heterocycles. The van der Waals surface area contributed by atoms with E-state index in [2.05, 4.69) is 6.92 Å². The fourth-order valence-electron chi connectivity index (χ4n) is 2.23. The lowest BCUT2D eigenvalue weighted by atomic mass is 10.1. The van der Waals surface area contributed by atoms with E-state index in [0.717, 1.165) is 18.7 Å². The lowest BCUT2D eigenvalue weighted by molar-refractivity contribution is -0.678. The van der Waals surface area contributed by atoms with E-state index >= 15 is 0 Å². The molecule has 18 heavy (non-hydrogen) atoms. The number of imidazole rings is 1. The SMILES string of the molecule is CCCCCCCCc1n(CC(=O)O)cc[n+]1C. The summed E-state index contributed by atoms with van der Waals surface area (Å²) < 4.78 is 3.85. The maximum atomic E-state index is 10.7. The largest absolute Gasteiger partial charge is 0.478 e. The molecule has 0 aromatic carbocycles. The van der Waals surface area contributed by atoms with Gasteiger partial charge in [0.05, 0.1) is 7.05 Å². The summed E-state index contributed by atoms with van der Waals surface area (Å²) in [5, 5.41) is 8.84. The minimum absolute atomic E-state index is 0.0615. The van der Waals surface area contributed by atoms with Gasteiger partial charge in [-0.25, -0.2) is 13.9 Å². The molecule has 1 aromatic heterocycles. The second kappa shape index (κ2) is 7.90. The number of carboxylic acid groups (broad SMARTS) is 1. The van der Waals surface area contributed by atoms with Crippen LogP contribution in [0.2, 0.25) is 0 Å². The lowest BCUT2D eigenvalue weighted by Crippen LogP contribution is -2.32. The summed E-state index contributed by atoms with van der Waals surface area (Å²) in [6.45, 7) is 2.28. The van der Waals surface area contributed by atoms with Crippen LogP contribution in [-0.2, 0) is 24.8 Å². The molecule has 1 aromatic rings. The van der Waals surface area contributed by atoms with Crippen LogP contribution >= 0.6 is 0 Å². The van der Waals surface area contributed by atoms with Crippen molar-refractivity contribution in [3.05, 3.63) is 18.2 Å². The first-order valence-corrected chi connectivity index (χ1v) is 6.90. The highest BCUT2D eigenvalue weighted by Gasteiger charge is 2.16. The summed E-state index contributed by atoms with van der Waals surface area (Å²) >= 11 is 0. The molecule has 4 nitrogen and oxygen atoms in total. The molecule has 0 fully saturated rings. The second-order valence-corrected chi connectivity index (χ2v) is 4.86. The maximum Gasteiger partial charge on any atom is 0.346 e. The highest BCUT2D eigenvalue weighted by molar-refractivity contribution is 5.66. The van der Waals surface area contributed by atoms with Gasteiger partial charge >= 0.3 is 5.97 Å². The van der Waals surface area contributed by atoms with Crippen LogP contribution in [0.5, 0.6) is 0 Å². The van der Waals surface area contributed by atoms with E-state index in [0.29, 0.717) is 0 Å². The first-order valence-electron chi connectivity index (χ1n) is 6.90. The molecule has 1 rings (SSSR count). The molecule has 0 aliphatic carbocycles. The molecule has 0 amide bonds. The van der Waals surface area contributed by atoms with Gasteiger partial charge in [0.25, 0.3) is 5.82 Å². The quantitative estimate of drug-likeness (QED) is 0.542. The number of carboxylic acids is 1. The number of carbonyl (C=O) groups is 1. The molecule has 0 spiro atoms. The Bertz CT molecular complexity index is 372. The topological polar surface area (TPSA) is 46.1 Å². The van der Waals surface area contributed by atoms with Crippen molar-refractivity contribution in [2.75, 3.05) is 0 Å². The van der Waals surface area contributed by atoms with Crippen molar-refractivity contribution in [2.45, 2.75) is 58.4 Å². The zero-order chi connectivity index (χ0) is 13.4. The van der Waals surface area contributed by atoms with Crippen LogP contribution in [0, 0.1) is 0 Å². The van der Waals surface area contributed by atoms with E-state index < -0.39 is 5.97 Å². The first kappa shape index (κ1) is 14.7. The zero-order valence-electron chi connectivity index (χ0n) is 11.6. The summed E-state index contributed by atoms with van der Waals surface area (Å²) in [5.74, 6) is 0.322. The maximum absolute atomic E-state index is 10.7. The molecule has 0 atom stereocenters. The first-order chi connectivity index (χ1) is 8.65. The third-order valence-electron chi connectivity index (χ3n) is 3.27. The number of aryl methyl sites for hydroxylation is 1. The van der Waals surface area contributed by atoms with Crippen LogP contribution in [0.1, 0.15) is 51.3 Å². The molecular formula is C14H25N2O2+. The van der Waals surface area contributed by atoms with Crippen molar-refractivity contribution in [1.82, 2.24) is 4.57 Å².